The summed E-state index contributed by atoms with van der Waals surface area (Å²) in [6.45, 7) is 8.26. The molecule has 11 nitrogen and oxygen atoms in total. The molecule has 8 rings (SSSR count). The molecule has 4 aliphatic rings. The van der Waals surface area contributed by atoms with Crippen LogP contribution in [0.2, 0.25) is 0 Å². The van der Waals surface area contributed by atoms with Crippen molar-refractivity contribution in [3.05, 3.63) is 102 Å². The maximum Gasteiger partial charge on any atom is 0.237 e. The lowest BCUT2D eigenvalue weighted by Crippen LogP contribution is -2.43. The van der Waals surface area contributed by atoms with Crippen molar-refractivity contribution >= 4 is 28.8 Å². The first-order chi connectivity index (χ1) is 23.8. The number of aliphatic imine (C=N–C) groups is 1. The van der Waals surface area contributed by atoms with E-state index in [4.69, 9.17) is 9.73 Å². The number of amides is 2. The zero-order chi connectivity index (χ0) is 33.5. The summed E-state index contributed by atoms with van der Waals surface area (Å²) in [7, 11) is 0. The van der Waals surface area contributed by atoms with Crippen molar-refractivity contribution in [2.24, 2.45) is 10.4 Å². The molecule has 2 fully saturated rings. The van der Waals surface area contributed by atoms with E-state index in [-0.39, 0.29) is 17.9 Å². The quantitative estimate of drug-likeness (QED) is 0.274. The van der Waals surface area contributed by atoms with Crippen LogP contribution in [-0.2, 0) is 16.1 Å². The van der Waals surface area contributed by atoms with Crippen molar-refractivity contribution in [3.63, 3.8) is 0 Å². The third-order valence-electron chi connectivity index (χ3n) is 10.2. The highest BCUT2D eigenvalue weighted by Gasteiger charge is 2.51. The predicted octanol–water partition coefficient (Wildman–Crippen LogP) is 4.55. The molecule has 1 atom stereocenters. The van der Waals surface area contributed by atoms with Gasteiger partial charge in [0.25, 0.3) is 0 Å². The number of anilines is 1. The average molecular weight is 657 g/mol. The summed E-state index contributed by atoms with van der Waals surface area (Å²) in [6.07, 6.45) is 9.89. The number of likely N-dealkylation sites (tertiary alicyclic amines) is 1. The van der Waals surface area contributed by atoms with Gasteiger partial charge in [0, 0.05) is 55.3 Å². The van der Waals surface area contributed by atoms with E-state index in [1.54, 1.807) is 10.9 Å². The van der Waals surface area contributed by atoms with Gasteiger partial charge in [-0.25, -0.2) is 9.67 Å². The number of rotatable bonds is 8. The molecule has 0 unspecified atom stereocenters. The largest absolute Gasteiger partial charge is 0.475 e. The summed E-state index contributed by atoms with van der Waals surface area (Å²) >= 11 is 0. The number of pyridine rings is 1. The van der Waals surface area contributed by atoms with Crippen LogP contribution in [-0.4, -0.2) is 92.7 Å². The standard InChI is InChI=1S/C38H40N8O3/c1-26(2)49-34-10-6-30(23-39-34)36-33-21-32(9-5-29(33)22-40-36)45-19-14-38(37(45)48)13-18-43(25-38)24-35(47)44-16-11-28(12-17-44)27-3-7-31(8-4-27)46-20-15-41-42-46/h3-11,15,20-21,23,26H,12-14,16-19,22,24-25H2,1-2H3/t38-/m1/s1. The van der Waals surface area contributed by atoms with Gasteiger partial charge in [0.05, 0.1) is 48.4 Å². The van der Waals surface area contributed by atoms with E-state index in [1.807, 2.05) is 66.4 Å². The van der Waals surface area contributed by atoms with Crippen LogP contribution >= 0.6 is 0 Å². The molecule has 6 heterocycles. The summed E-state index contributed by atoms with van der Waals surface area (Å²) in [6, 6.07) is 18.4. The number of carbonyl (C=O) groups is 2. The summed E-state index contributed by atoms with van der Waals surface area (Å²) in [5.74, 6) is 0.882. The number of hydrogen-bond donors (Lipinski definition) is 0. The van der Waals surface area contributed by atoms with Crippen molar-refractivity contribution in [3.8, 4) is 11.6 Å². The van der Waals surface area contributed by atoms with Crippen LogP contribution in [0.5, 0.6) is 5.88 Å². The van der Waals surface area contributed by atoms with Gasteiger partial charge in [0.15, 0.2) is 0 Å². The van der Waals surface area contributed by atoms with Crippen LogP contribution in [0.3, 0.4) is 0 Å². The fourth-order valence-corrected chi connectivity index (χ4v) is 7.58. The lowest BCUT2D eigenvalue weighted by atomic mass is 9.85. The lowest BCUT2D eigenvalue weighted by Gasteiger charge is -2.29. The van der Waals surface area contributed by atoms with E-state index in [9.17, 15) is 9.59 Å². The monoisotopic (exact) mass is 656 g/mol. The summed E-state index contributed by atoms with van der Waals surface area (Å²) in [5, 5.41) is 7.92. The van der Waals surface area contributed by atoms with Gasteiger partial charge in [0.2, 0.25) is 17.7 Å². The molecule has 1 spiro atoms. The number of aromatic nitrogens is 4. The highest BCUT2D eigenvalue weighted by atomic mass is 16.5. The van der Waals surface area contributed by atoms with Crippen molar-refractivity contribution in [2.45, 2.75) is 45.8 Å². The zero-order valence-corrected chi connectivity index (χ0v) is 28.0. The molecule has 2 saturated heterocycles. The van der Waals surface area contributed by atoms with Crippen LogP contribution in [0.15, 0.2) is 84.3 Å². The number of benzene rings is 2. The van der Waals surface area contributed by atoms with E-state index < -0.39 is 5.41 Å². The van der Waals surface area contributed by atoms with E-state index in [0.717, 1.165) is 65.1 Å². The Morgan fingerprint density at radius 3 is 2.53 bits per heavy atom. The topological polar surface area (TPSA) is 109 Å². The van der Waals surface area contributed by atoms with Crippen molar-refractivity contribution in [1.29, 1.82) is 0 Å². The molecule has 0 aliphatic carbocycles. The van der Waals surface area contributed by atoms with E-state index in [2.05, 4.69) is 50.5 Å². The molecule has 2 aromatic heterocycles. The molecule has 250 valence electrons. The molecule has 2 aromatic carbocycles. The van der Waals surface area contributed by atoms with Crippen molar-refractivity contribution < 1.29 is 14.3 Å². The molecule has 4 aromatic rings. The van der Waals surface area contributed by atoms with Crippen molar-refractivity contribution in [2.75, 3.05) is 44.2 Å². The minimum atomic E-state index is -0.445. The zero-order valence-electron chi connectivity index (χ0n) is 28.0. The molecule has 0 saturated carbocycles. The Morgan fingerprint density at radius 1 is 0.980 bits per heavy atom. The van der Waals surface area contributed by atoms with Gasteiger partial charge in [-0.1, -0.05) is 29.5 Å². The Hall–Kier alpha value is -5.16. The Balaban J connectivity index is 0.880. The number of nitrogens with zero attached hydrogens (tertiary/aromatic N) is 8. The van der Waals surface area contributed by atoms with Crippen LogP contribution in [0.4, 0.5) is 5.69 Å². The Morgan fingerprint density at radius 2 is 1.80 bits per heavy atom. The molecule has 0 bridgehead atoms. The molecule has 0 radical (unpaired) electrons. The maximum absolute atomic E-state index is 14.0. The number of carbonyl (C=O) groups excluding carboxylic acids is 2. The molecule has 0 N–H and O–H groups in total. The summed E-state index contributed by atoms with van der Waals surface area (Å²) < 4.78 is 7.45. The van der Waals surface area contributed by atoms with Gasteiger partial charge >= 0.3 is 0 Å². The second kappa shape index (κ2) is 12.7. The molecule has 2 amide bonds. The van der Waals surface area contributed by atoms with Crippen LogP contribution < -0.4 is 9.64 Å². The number of hydrogen-bond acceptors (Lipinski definition) is 8. The third kappa shape index (κ3) is 6.03. The van der Waals surface area contributed by atoms with Gasteiger partial charge < -0.3 is 14.5 Å². The maximum atomic E-state index is 14.0. The van der Waals surface area contributed by atoms with Gasteiger partial charge in [-0.2, -0.15) is 0 Å². The van der Waals surface area contributed by atoms with E-state index in [0.29, 0.717) is 45.1 Å². The van der Waals surface area contributed by atoms with Crippen LogP contribution in [0.25, 0.3) is 11.3 Å². The Labute approximate surface area is 285 Å². The van der Waals surface area contributed by atoms with Gasteiger partial charge in [0.1, 0.15) is 0 Å². The van der Waals surface area contributed by atoms with Gasteiger partial charge in [-0.05, 0) is 86.7 Å². The van der Waals surface area contributed by atoms with E-state index >= 15 is 0 Å². The first-order valence-electron chi connectivity index (χ1n) is 17.1. The van der Waals surface area contributed by atoms with E-state index in [1.165, 1.54) is 5.57 Å². The SMILES string of the molecule is CC(C)Oc1ccc(C2=NCc3ccc(N4CC[C@@]5(CCN(CC(=O)N6CC=C(c7ccc(-n8ccnn8)cc7)CC6)C5)C4=O)cc32)cn1. The Bertz CT molecular complexity index is 1930. The Kier molecular flexibility index (Phi) is 8.07. The summed E-state index contributed by atoms with van der Waals surface area (Å²) in [5.41, 5.74) is 7.86. The number of fused-ring (bicyclic) bond motifs is 1. The highest BCUT2D eigenvalue weighted by Crippen LogP contribution is 2.43. The second-order valence-electron chi connectivity index (χ2n) is 13.7. The number of ether oxygens (including phenoxy) is 1. The predicted molar refractivity (Wildman–Crippen MR) is 187 cm³/mol. The van der Waals surface area contributed by atoms with Gasteiger partial charge in [-0.3, -0.25) is 19.5 Å². The normalized spacial score (nSPS) is 20.7. The molecular formula is C38H40N8O3. The first-order valence-corrected chi connectivity index (χ1v) is 17.1. The molecule has 49 heavy (non-hydrogen) atoms. The summed E-state index contributed by atoms with van der Waals surface area (Å²) in [4.78, 5) is 42.8. The first kappa shape index (κ1) is 31.1. The second-order valence-corrected chi connectivity index (χ2v) is 13.7. The molecule has 4 aliphatic heterocycles. The lowest BCUT2D eigenvalue weighted by molar-refractivity contribution is -0.132. The average Bonchev–Trinajstić information content (AvgIpc) is 3.94. The fraction of sp³-hybridized carbons (Fsp3) is 0.368. The highest BCUT2D eigenvalue weighted by molar-refractivity contribution is 6.16. The third-order valence-corrected chi connectivity index (χ3v) is 10.2. The minimum Gasteiger partial charge on any atom is -0.475 e. The van der Waals surface area contributed by atoms with Gasteiger partial charge in [-0.15, -0.1) is 5.10 Å². The molecular weight excluding hydrogens is 616 g/mol. The molecule has 11 heteroatoms. The van der Waals surface area contributed by atoms with Crippen LogP contribution in [0, 0.1) is 5.41 Å². The fourth-order valence-electron chi connectivity index (χ4n) is 7.58. The van der Waals surface area contributed by atoms with Crippen LogP contribution in [0.1, 0.15) is 55.4 Å². The minimum absolute atomic E-state index is 0.0582. The van der Waals surface area contributed by atoms with Crippen molar-refractivity contribution in [1.82, 2.24) is 29.8 Å². The smallest absolute Gasteiger partial charge is 0.237 e.